The first kappa shape index (κ1) is 43.4. The normalized spacial score (nSPS) is 31.0. The Hall–Kier alpha value is -1.29. The average molecular weight is 755 g/mol. The minimum absolute atomic E-state index is 0.0277. The Kier molecular flexibility index (Phi) is 13.4. The van der Waals surface area contributed by atoms with Gasteiger partial charge in [-0.3, -0.25) is 9.59 Å². The van der Waals surface area contributed by atoms with E-state index in [1.54, 1.807) is 5.57 Å². The molecule has 7 atom stereocenters. The van der Waals surface area contributed by atoms with Crippen LogP contribution >= 0.6 is 0 Å². The second-order valence-electron chi connectivity index (χ2n) is 20.9. The zero-order chi connectivity index (χ0) is 39.1. The van der Waals surface area contributed by atoms with Crippen molar-refractivity contribution >= 4 is 28.4 Å². The number of ketones is 1. The first-order valence-corrected chi connectivity index (χ1v) is 26.8. The first-order valence-electron chi connectivity index (χ1n) is 21.0. The van der Waals surface area contributed by atoms with Crippen LogP contribution in [0.1, 0.15) is 153 Å². The maximum absolute atomic E-state index is 13.7. The summed E-state index contributed by atoms with van der Waals surface area (Å²) < 4.78 is 20.2. The number of carbonyl (C=O) groups is 2. The SMILES string of the molecule is C=C1/C(=C\C=C2/CCC[C@]3(C)[C@@H]([C@H](C)C(CC(=O)C4(CCCC)CC4)OC(C)=O)CC[C@@H]23)CC(O[Si](C)(C)C(C)(C)C)CC1O[Si](C)(C)C(C)(C)C. The predicted molar refractivity (Wildman–Crippen MR) is 222 cm³/mol. The topological polar surface area (TPSA) is 61.8 Å². The van der Waals surface area contributed by atoms with Crippen molar-refractivity contribution in [2.45, 2.75) is 207 Å². The molecule has 0 N–H and O–H groups in total. The standard InChI is InChI=1S/C45H78O5Si2/c1-16-17-25-45(26-27-45)41(47)30-39(48-33(4)46)32(3)37-22-23-38-34(19-18-24-44(37,38)11)20-21-35-28-36(49-51(12,13)42(5,6)7)29-40(31(35)2)50-52(14,15)43(8,9)10/h20-21,32,36-40H,2,16-19,22-30H2,1,3-15H3/b34-20+,35-21-/t32-,36?,37+,38-,39?,40?,44+/m0/s1. The van der Waals surface area contributed by atoms with Gasteiger partial charge in [-0.2, -0.15) is 0 Å². The zero-order valence-electron chi connectivity index (χ0n) is 36.1. The van der Waals surface area contributed by atoms with Gasteiger partial charge in [0.15, 0.2) is 16.6 Å². The third kappa shape index (κ3) is 9.56. The fraction of sp³-hybridized carbons (Fsp3) is 0.822. The molecule has 0 spiro atoms. The summed E-state index contributed by atoms with van der Waals surface area (Å²) in [6, 6.07) is 0. The van der Waals surface area contributed by atoms with Gasteiger partial charge in [0, 0.05) is 25.2 Å². The smallest absolute Gasteiger partial charge is 0.302 e. The Morgan fingerprint density at radius 1 is 0.962 bits per heavy atom. The van der Waals surface area contributed by atoms with Crippen LogP contribution in [0.4, 0.5) is 0 Å². The molecule has 0 aliphatic heterocycles. The number of allylic oxidation sites excluding steroid dienone is 3. The minimum Gasteiger partial charge on any atom is -0.462 e. The van der Waals surface area contributed by atoms with E-state index >= 15 is 0 Å². The van der Waals surface area contributed by atoms with Crippen LogP contribution in [-0.2, 0) is 23.2 Å². The lowest BCUT2D eigenvalue weighted by atomic mass is 9.60. The van der Waals surface area contributed by atoms with Crippen molar-refractivity contribution in [2.24, 2.45) is 28.6 Å². The van der Waals surface area contributed by atoms with Gasteiger partial charge in [-0.25, -0.2) is 0 Å². The molecule has 4 saturated carbocycles. The van der Waals surface area contributed by atoms with Crippen LogP contribution in [-0.4, -0.2) is 46.7 Å². The van der Waals surface area contributed by atoms with Crippen LogP contribution in [0, 0.1) is 28.6 Å². The molecule has 0 radical (unpaired) electrons. The fourth-order valence-corrected chi connectivity index (χ4v) is 12.1. The van der Waals surface area contributed by atoms with Crippen molar-refractivity contribution in [3.63, 3.8) is 0 Å². The molecule has 0 amide bonds. The molecule has 4 aliphatic rings. The van der Waals surface area contributed by atoms with E-state index in [-0.39, 0.29) is 51.1 Å². The largest absolute Gasteiger partial charge is 0.462 e. The van der Waals surface area contributed by atoms with Gasteiger partial charge in [-0.1, -0.05) is 99.5 Å². The van der Waals surface area contributed by atoms with Gasteiger partial charge in [0.1, 0.15) is 11.9 Å². The number of hydrogen-bond acceptors (Lipinski definition) is 5. The summed E-state index contributed by atoms with van der Waals surface area (Å²) in [5.41, 5.74) is 3.93. The molecule has 5 nitrogen and oxygen atoms in total. The summed E-state index contributed by atoms with van der Waals surface area (Å²) in [7, 11) is -4.02. The number of esters is 1. The molecule has 0 aromatic rings. The van der Waals surface area contributed by atoms with E-state index in [1.165, 1.54) is 18.9 Å². The Bertz CT molecular complexity index is 1370. The van der Waals surface area contributed by atoms with Crippen LogP contribution in [0.2, 0.25) is 36.3 Å². The molecular weight excluding hydrogens is 677 g/mol. The van der Waals surface area contributed by atoms with Gasteiger partial charge in [0.25, 0.3) is 0 Å². The number of unbranched alkanes of at least 4 members (excludes halogenated alkanes) is 1. The van der Waals surface area contributed by atoms with Crippen LogP contribution in [0.25, 0.3) is 0 Å². The molecule has 0 heterocycles. The monoisotopic (exact) mass is 755 g/mol. The quantitative estimate of drug-likeness (QED) is 0.131. The second kappa shape index (κ2) is 16.1. The second-order valence-corrected chi connectivity index (χ2v) is 30.4. The molecule has 4 fully saturated rings. The van der Waals surface area contributed by atoms with E-state index in [9.17, 15) is 9.59 Å². The van der Waals surface area contributed by atoms with Crippen LogP contribution in [0.15, 0.2) is 35.5 Å². The number of hydrogen-bond donors (Lipinski definition) is 0. The van der Waals surface area contributed by atoms with Crippen LogP contribution < -0.4 is 0 Å². The van der Waals surface area contributed by atoms with Gasteiger partial charge >= 0.3 is 5.97 Å². The molecule has 4 rings (SSSR count). The lowest BCUT2D eigenvalue weighted by molar-refractivity contribution is -0.153. The van der Waals surface area contributed by atoms with Crippen molar-refractivity contribution in [3.8, 4) is 0 Å². The lowest BCUT2D eigenvalue weighted by Crippen LogP contribution is -2.49. The molecular formula is C45H78O5Si2. The van der Waals surface area contributed by atoms with E-state index in [0.717, 1.165) is 76.2 Å². The number of ether oxygens (including phenoxy) is 1. The van der Waals surface area contributed by atoms with Crippen molar-refractivity contribution in [3.05, 3.63) is 35.5 Å². The Balaban J connectivity index is 1.59. The Morgan fingerprint density at radius 3 is 2.13 bits per heavy atom. The van der Waals surface area contributed by atoms with Crippen molar-refractivity contribution in [1.82, 2.24) is 0 Å². The van der Waals surface area contributed by atoms with E-state index in [0.29, 0.717) is 24.0 Å². The summed E-state index contributed by atoms with van der Waals surface area (Å²) in [5.74, 6) is 1.11. The predicted octanol–water partition coefficient (Wildman–Crippen LogP) is 12.7. The summed E-state index contributed by atoms with van der Waals surface area (Å²) in [6.45, 7) is 36.5. The van der Waals surface area contributed by atoms with E-state index < -0.39 is 16.6 Å². The average Bonchev–Trinajstić information content (AvgIpc) is 3.72. The molecule has 4 aliphatic carbocycles. The molecule has 7 heteroatoms. The van der Waals surface area contributed by atoms with Crippen molar-refractivity contribution < 1.29 is 23.2 Å². The molecule has 0 aromatic heterocycles. The third-order valence-corrected chi connectivity index (χ3v) is 24.2. The highest BCUT2D eigenvalue weighted by Crippen LogP contribution is 2.60. The summed E-state index contributed by atoms with van der Waals surface area (Å²) in [4.78, 5) is 26.1. The summed E-state index contributed by atoms with van der Waals surface area (Å²) in [6.07, 6.45) is 17.6. The maximum Gasteiger partial charge on any atom is 0.302 e. The van der Waals surface area contributed by atoms with E-state index in [2.05, 4.69) is 101 Å². The molecule has 52 heavy (non-hydrogen) atoms. The maximum atomic E-state index is 13.7. The van der Waals surface area contributed by atoms with Crippen molar-refractivity contribution in [2.75, 3.05) is 0 Å². The van der Waals surface area contributed by atoms with Crippen LogP contribution in [0.5, 0.6) is 0 Å². The lowest BCUT2D eigenvalue weighted by Gasteiger charge is -2.46. The van der Waals surface area contributed by atoms with Crippen molar-refractivity contribution in [1.29, 1.82) is 0 Å². The number of fused-ring (bicyclic) bond motifs is 1. The van der Waals surface area contributed by atoms with E-state index in [4.69, 9.17) is 20.2 Å². The molecule has 0 saturated heterocycles. The molecule has 296 valence electrons. The Morgan fingerprint density at radius 2 is 1.58 bits per heavy atom. The van der Waals surface area contributed by atoms with Gasteiger partial charge in [0.2, 0.25) is 0 Å². The van der Waals surface area contributed by atoms with E-state index in [1.807, 2.05) is 0 Å². The molecule has 0 bridgehead atoms. The number of Topliss-reactive ketones (excluding diaryl/α,β-unsaturated/α-hetero) is 1. The van der Waals surface area contributed by atoms with Gasteiger partial charge in [-0.15, -0.1) is 0 Å². The summed E-state index contributed by atoms with van der Waals surface area (Å²) in [5, 5.41) is 0.257. The number of carbonyl (C=O) groups excluding carboxylic acids is 2. The molecule has 0 aromatic carbocycles. The number of rotatable bonds is 14. The van der Waals surface area contributed by atoms with Gasteiger partial charge in [-0.05, 0) is 128 Å². The highest BCUT2D eigenvalue weighted by Gasteiger charge is 2.54. The molecule has 3 unspecified atom stereocenters. The first-order chi connectivity index (χ1) is 23.9. The highest BCUT2D eigenvalue weighted by molar-refractivity contribution is 6.74. The third-order valence-electron chi connectivity index (χ3n) is 15.2. The minimum atomic E-state index is -2.03. The fourth-order valence-electron chi connectivity index (χ4n) is 9.45. The Labute approximate surface area is 321 Å². The summed E-state index contributed by atoms with van der Waals surface area (Å²) >= 11 is 0. The highest BCUT2D eigenvalue weighted by atomic mass is 28.4. The van der Waals surface area contributed by atoms with Gasteiger partial charge < -0.3 is 13.6 Å². The zero-order valence-corrected chi connectivity index (χ0v) is 38.1. The van der Waals surface area contributed by atoms with Crippen LogP contribution in [0.3, 0.4) is 0 Å². The van der Waals surface area contributed by atoms with Gasteiger partial charge in [0.05, 0.1) is 12.2 Å².